The molecule has 1 fully saturated rings. The summed E-state index contributed by atoms with van der Waals surface area (Å²) in [6.07, 6.45) is 18.1. The number of aromatic amines is 1. The van der Waals surface area contributed by atoms with Crippen molar-refractivity contribution in [3.8, 4) is 0 Å². The molecule has 13 heteroatoms. The Balaban J connectivity index is 1.95. The second kappa shape index (κ2) is 24.9. The number of nitrogens with zero attached hydrogens (tertiary/aromatic N) is 4. The first-order valence-corrected chi connectivity index (χ1v) is 19.2. The maximum atomic E-state index is 12.7. The third kappa shape index (κ3) is 15.2. The predicted molar refractivity (Wildman–Crippen MR) is 192 cm³/mol. The Hall–Kier alpha value is -2.13. The van der Waals surface area contributed by atoms with Gasteiger partial charge < -0.3 is 28.2 Å². The molecule has 0 aromatic carbocycles. The van der Waals surface area contributed by atoms with E-state index in [1.807, 2.05) is 0 Å². The van der Waals surface area contributed by atoms with E-state index in [0.717, 1.165) is 12.8 Å². The standard InChI is InChI=1S/C35H62N5O7P/c1-8-9-10-11-12-13-14-15-16-17-18-19-20-21-23-37-44-27-30-32(47-48(45-26-24-36-6)40(28(2)3)29(4)5)33(43-7)34(46-30)39-25-22-31(41)38-35(39)42/h22-23,25,28-30,32-34H,8-21,24,26-27H2,1-5,7H3,(H,38,41,42)/b37-23+/t30-,32?,33+,34-,48?/m1/s1. The molecule has 0 radical (unpaired) electrons. The fraction of sp³-hybridized carbons (Fsp3) is 0.829. The normalized spacial score (nSPS) is 20.3. The molecule has 1 aliphatic heterocycles. The van der Waals surface area contributed by atoms with Gasteiger partial charge in [-0.25, -0.2) is 16.0 Å². The Labute approximate surface area is 289 Å². The lowest BCUT2D eigenvalue weighted by atomic mass is 10.0. The maximum absolute atomic E-state index is 12.7. The molecule has 1 aromatic rings. The summed E-state index contributed by atoms with van der Waals surface area (Å²) in [6.45, 7) is 18.2. The molecule has 12 nitrogen and oxygen atoms in total. The first-order chi connectivity index (χ1) is 23.2. The zero-order chi connectivity index (χ0) is 35.1. The van der Waals surface area contributed by atoms with Crippen LogP contribution in [0.2, 0.25) is 0 Å². The molecule has 2 unspecified atom stereocenters. The van der Waals surface area contributed by atoms with Crippen molar-refractivity contribution in [2.24, 2.45) is 5.16 Å². The van der Waals surface area contributed by atoms with Crippen LogP contribution in [0.1, 0.15) is 131 Å². The van der Waals surface area contributed by atoms with Crippen LogP contribution in [0.5, 0.6) is 0 Å². The van der Waals surface area contributed by atoms with Crippen LogP contribution in [0.4, 0.5) is 0 Å². The number of nitrogens with one attached hydrogen (secondary N) is 1. The minimum atomic E-state index is -1.63. The minimum Gasteiger partial charge on any atom is -0.393 e. The van der Waals surface area contributed by atoms with Gasteiger partial charge in [-0.05, 0) is 40.5 Å². The van der Waals surface area contributed by atoms with Gasteiger partial charge in [-0.15, -0.1) is 0 Å². The SMILES string of the molecule is [C-]#[N+]CCOP(OC1[C@@H](CO/N=C/CCCCCCCCCCCCCCC)O[C@@H](n2ccc(=O)[nH]c2=O)[C@H]1OC)N(C(C)C)C(C)C. The van der Waals surface area contributed by atoms with Gasteiger partial charge in [0.05, 0.1) is 0 Å². The Bertz CT molecular complexity index is 1160. The van der Waals surface area contributed by atoms with E-state index in [1.54, 1.807) is 6.21 Å². The zero-order valence-corrected chi connectivity index (χ0v) is 31.2. The second-order valence-electron chi connectivity index (χ2n) is 13.0. The van der Waals surface area contributed by atoms with Crippen molar-refractivity contribution in [1.82, 2.24) is 14.2 Å². The highest BCUT2D eigenvalue weighted by Gasteiger charge is 2.50. The second-order valence-corrected chi connectivity index (χ2v) is 14.4. The average Bonchev–Trinajstić information content (AvgIpc) is 3.38. The first-order valence-electron chi connectivity index (χ1n) is 18.1. The molecule has 0 bridgehead atoms. The summed E-state index contributed by atoms with van der Waals surface area (Å²) < 4.78 is 28.4. The van der Waals surface area contributed by atoms with Gasteiger partial charge >= 0.3 is 5.69 Å². The Morgan fingerprint density at radius 3 is 2.15 bits per heavy atom. The molecule has 0 saturated carbocycles. The Morgan fingerprint density at radius 1 is 1.00 bits per heavy atom. The van der Waals surface area contributed by atoms with Gasteiger partial charge in [0, 0.05) is 37.7 Å². The molecule has 2 heterocycles. The number of unbranched alkanes of at least 4 members (excludes halogenated alkanes) is 13. The number of hydrogen-bond donors (Lipinski definition) is 1. The van der Waals surface area contributed by atoms with Crippen molar-refractivity contribution in [3.63, 3.8) is 0 Å². The molecule has 1 N–H and O–H groups in total. The van der Waals surface area contributed by atoms with Gasteiger partial charge in [0.25, 0.3) is 14.1 Å². The van der Waals surface area contributed by atoms with E-state index < -0.39 is 44.3 Å². The van der Waals surface area contributed by atoms with Crippen molar-refractivity contribution >= 4 is 14.7 Å². The molecule has 0 spiro atoms. The van der Waals surface area contributed by atoms with Gasteiger partial charge in [0.1, 0.15) is 31.5 Å². The molecule has 0 amide bonds. The summed E-state index contributed by atoms with van der Waals surface area (Å²) in [4.78, 5) is 35.9. The van der Waals surface area contributed by atoms with Crippen molar-refractivity contribution in [2.75, 3.05) is 26.9 Å². The zero-order valence-electron chi connectivity index (χ0n) is 30.3. The number of ether oxygens (including phenoxy) is 2. The molecule has 274 valence electrons. The number of aromatic nitrogens is 2. The van der Waals surface area contributed by atoms with Gasteiger partial charge in [-0.3, -0.25) is 14.3 Å². The summed E-state index contributed by atoms with van der Waals surface area (Å²) >= 11 is 0. The van der Waals surface area contributed by atoms with Crippen LogP contribution >= 0.6 is 8.53 Å². The summed E-state index contributed by atoms with van der Waals surface area (Å²) in [6, 6.07) is 1.45. The molecule has 1 aromatic heterocycles. The van der Waals surface area contributed by atoms with E-state index in [0.29, 0.717) is 0 Å². The number of H-pyrrole nitrogens is 1. The molecule has 2 rings (SSSR count). The molecule has 1 aliphatic rings. The highest BCUT2D eigenvalue weighted by atomic mass is 31.2. The lowest BCUT2D eigenvalue weighted by Crippen LogP contribution is -2.42. The smallest absolute Gasteiger partial charge is 0.330 e. The fourth-order valence-corrected chi connectivity index (χ4v) is 7.70. The molecular formula is C35H62N5O7P. The summed E-state index contributed by atoms with van der Waals surface area (Å²) in [5.41, 5.74) is -1.12. The molecule has 1 saturated heterocycles. The van der Waals surface area contributed by atoms with Crippen LogP contribution in [0.15, 0.2) is 27.0 Å². The van der Waals surface area contributed by atoms with Crippen LogP contribution in [-0.4, -0.2) is 77.7 Å². The third-order valence-electron chi connectivity index (χ3n) is 8.37. The number of oxime groups is 1. The first kappa shape index (κ1) is 42.0. The Kier molecular flexibility index (Phi) is 21.8. The third-order valence-corrected chi connectivity index (χ3v) is 10.5. The van der Waals surface area contributed by atoms with E-state index in [-0.39, 0.29) is 31.8 Å². The number of methoxy groups -OCH3 is 1. The van der Waals surface area contributed by atoms with E-state index in [9.17, 15) is 9.59 Å². The van der Waals surface area contributed by atoms with Crippen molar-refractivity contribution in [3.05, 3.63) is 44.5 Å². The molecule has 48 heavy (non-hydrogen) atoms. The van der Waals surface area contributed by atoms with Crippen LogP contribution < -0.4 is 11.2 Å². The van der Waals surface area contributed by atoms with Crippen LogP contribution in [0.25, 0.3) is 4.85 Å². The highest BCUT2D eigenvalue weighted by molar-refractivity contribution is 7.44. The number of hydrogen-bond acceptors (Lipinski definition) is 9. The monoisotopic (exact) mass is 695 g/mol. The van der Waals surface area contributed by atoms with E-state index in [2.05, 4.69) is 54.3 Å². The van der Waals surface area contributed by atoms with E-state index in [1.165, 1.54) is 101 Å². The lowest BCUT2D eigenvalue weighted by molar-refractivity contribution is -0.0715. The average molecular weight is 696 g/mol. The van der Waals surface area contributed by atoms with Crippen molar-refractivity contribution < 1.29 is 23.4 Å². The number of rotatable bonds is 27. The molecule has 0 aliphatic carbocycles. The summed E-state index contributed by atoms with van der Waals surface area (Å²) in [5.74, 6) is 0. The van der Waals surface area contributed by atoms with Crippen LogP contribution in [0, 0.1) is 6.57 Å². The maximum Gasteiger partial charge on any atom is 0.330 e. The fourth-order valence-electron chi connectivity index (χ4n) is 5.94. The quantitative estimate of drug-likeness (QED) is 0.0329. The summed E-state index contributed by atoms with van der Waals surface area (Å²) in [5, 5.41) is 4.19. The van der Waals surface area contributed by atoms with Gasteiger partial charge in [-0.1, -0.05) is 89.1 Å². The van der Waals surface area contributed by atoms with Gasteiger partial charge in [0.15, 0.2) is 6.23 Å². The molecule has 5 atom stereocenters. The van der Waals surface area contributed by atoms with Crippen LogP contribution in [-0.2, 0) is 23.4 Å². The van der Waals surface area contributed by atoms with Crippen molar-refractivity contribution in [1.29, 1.82) is 0 Å². The topological polar surface area (TPSA) is 121 Å². The molecular weight excluding hydrogens is 633 g/mol. The Morgan fingerprint density at radius 2 is 1.60 bits per heavy atom. The largest absolute Gasteiger partial charge is 0.393 e. The van der Waals surface area contributed by atoms with E-state index >= 15 is 0 Å². The minimum absolute atomic E-state index is 0.0584. The van der Waals surface area contributed by atoms with E-state index in [4.69, 9.17) is 29.9 Å². The predicted octanol–water partition coefficient (Wildman–Crippen LogP) is 7.60. The van der Waals surface area contributed by atoms with Gasteiger partial charge in [0.2, 0.25) is 6.54 Å². The van der Waals surface area contributed by atoms with Gasteiger partial charge in [-0.2, -0.15) is 0 Å². The van der Waals surface area contributed by atoms with Crippen molar-refractivity contribution in [2.45, 2.75) is 161 Å². The lowest BCUT2D eigenvalue weighted by Gasteiger charge is -2.37. The summed E-state index contributed by atoms with van der Waals surface area (Å²) in [7, 11) is -0.111. The van der Waals surface area contributed by atoms with Crippen LogP contribution in [0.3, 0.4) is 0 Å². The highest BCUT2D eigenvalue weighted by Crippen LogP contribution is 2.50.